The maximum Gasteiger partial charge on any atom is 0.165 e. The molecule has 1 unspecified atom stereocenters. The zero-order valence-electron chi connectivity index (χ0n) is 12.3. The molecule has 0 radical (unpaired) electrons. The van der Waals surface area contributed by atoms with Crippen molar-refractivity contribution in [2.75, 3.05) is 7.11 Å². The number of benzene rings is 2. The summed E-state index contributed by atoms with van der Waals surface area (Å²) in [6, 6.07) is 12.5. The van der Waals surface area contributed by atoms with Crippen LogP contribution in [0.5, 0.6) is 11.5 Å². The zero-order valence-corrected chi connectivity index (χ0v) is 12.3. The van der Waals surface area contributed by atoms with Gasteiger partial charge in [-0.15, -0.1) is 0 Å². The van der Waals surface area contributed by atoms with Gasteiger partial charge >= 0.3 is 0 Å². The highest BCUT2D eigenvalue weighted by molar-refractivity contribution is 5.31. The number of halogens is 1. The van der Waals surface area contributed by atoms with Crippen molar-refractivity contribution in [1.82, 2.24) is 0 Å². The van der Waals surface area contributed by atoms with E-state index in [0.29, 0.717) is 6.61 Å². The fourth-order valence-electron chi connectivity index (χ4n) is 2.01. The summed E-state index contributed by atoms with van der Waals surface area (Å²) >= 11 is 0. The van der Waals surface area contributed by atoms with Gasteiger partial charge in [0, 0.05) is 6.04 Å². The van der Waals surface area contributed by atoms with Gasteiger partial charge in [0.25, 0.3) is 0 Å². The van der Waals surface area contributed by atoms with Gasteiger partial charge in [-0.25, -0.2) is 4.39 Å². The lowest BCUT2D eigenvalue weighted by Crippen LogP contribution is -2.08. The molecule has 1 atom stereocenters. The van der Waals surface area contributed by atoms with Gasteiger partial charge in [0.1, 0.15) is 12.4 Å². The molecular weight excluding hydrogens is 269 g/mol. The van der Waals surface area contributed by atoms with Gasteiger partial charge < -0.3 is 15.2 Å². The highest BCUT2D eigenvalue weighted by atomic mass is 19.1. The monoisotopic (exact) mass is 289 g/mol. The van der Waals surface area contributed by atoms with Gasteiger partial charge in [-0.2, -0.15) is 0 Å². The number of methoxy groups -OCH3 is 1. The van der Waals surface area contributed by atoms with E-state index in [1.807, 2.05) is 31.2 Å². The minimum Gasteiger partial charge on any atom is -0.494 e. The van der Waals surface area contributed by atoms with Crippen molar-refractivity contribution in [3.63, 3.8) is 0 Å². The first-order valence-corrected chi connectivity index (χ1v) is 6.94. The lowest BCUT2D eigenvalue weighted by atomic mass is 10.1. The van der Waals surface area contributed by atoms with E-state index < -0.39 is 0 Å². The number of hydrogen-bond donors (Lipinski definition) is 1. The van der Waals surface area contributed by atoms with Crippen molar-refractivity contribution in [2.45, 2.75) is 26.0 Å². The standard InChI is InChI=1S/C17H20FNO2/c1-3-16(19)13-5-7-14(8-6-13)21-11-12-4-9-17(20-2)15(18)10-12/h4-10,16H,3,11,19H2,1-2H3. The largest absolute Gasteiger partial charge is 0.494 e. The Morgan fingerprint density at radius 1 is 1.14 bits per heavy atom. The van der Waals surface area contributed by atoms with Crippen molar-refractivity contribution >= 4 is 0 Å². The van der Waals surface area contributed by atoms with E-state index in [1.165, 1.54) is 13.2 Å². The van der Waals surface area contributed by atoms with Crippen LogP contribution < -0.4 is 15.2 Å². The van der Waals surface area contributed by atoms with Crippen LogP contribution in [0.1, 0.15) is 30.5 Å². The molecule has 4 heteroatoms. The average Bonchev–Trinajstić information content (AvgIpc) is 2.52. The van der Waals surface area contributed by atoms with Crippen LogP contribution in [0.15, 0.2) is 42.5 Å². The molecule has 0 fully saturated rings. The fourth-order valence-corrected chi connectivity index (χ4v) is 2.01. The predicted octanol–water partition coefficient (Wildman–Crippen LogP) is 3.82. The number of rotatable bonds is 6. The summed E-state index contributed by atoms with van der Waals surface area (Å²) < 4.78 is 24.1. The molecule has 2 rings (SSSR count). The third-order valence-corrected chi connectivity index (χ3v) is 3.37. The Morgan fingerprint density at radius 3 is 2.43 bits per heavy atom. The number of ether oxygens (including phenoxy) is 2. The van der Waals surface area contributed by atoms with Crippen molar-refractivity contribution < 1.29 is 13.9 Å². The molecule has 0 amide bonds. The Balaban J connectivity index is 1.98. The van der Waals surface area contributed by atoms with E-state index in [0.717, 1.165) is 23.3 Å². The molecule has 0 heterocycles. The molecule has 21 heavy (non-hydrogen) atoms. The third-order valence-electron chi connectivity index (χ3n) is 3.37. The molecule has 0 spiro atoms. The highest BCUT2D eigenvalue weighted by Gasteiger charge is 2.05. The molecule has 2 N–H and O–H groups in total. The molecule has 2 aromatic rings. The summed E-state index contributed by atoms with van der Waals surface area (Å²) in [7, 11) is 1.44. The van der Waals surface area contributed by atoms with Crippen molar-refractivity contribution in [3.05, 3.63) is 59.4 Å². The second kappa shape index (κ2) is 7.09. The average molecular weight is 289 g/mol. The Hall–Kier alpha value is -2.07. The maximum absolute atomic E-state index is 13.6. The minimum atomic E-state index is -0.386. The first-order chi connectivity index (χ1) is 10.1. The molecule has 0 saturated carbocycles. The van der Waals surface area contributed by atoms with Crippen molar-refractivity contribution in [2.24, 2.45) is 5.73 Å². The molecule has 3 nitrogen and oxygen atoms in total. The van der Waals surface area contributed by atoms with Crippen molar-refractivity contribution in [1.29, 1.82) is 0 Å². The first-order valence-electron chi connectivity index (χ1n) is 6.94. The van der Waals surface area contributed by atoms with Crippen LogP contribution in [-0.2, 0) is 6.61 Å². The zero-order chi connectivity index (χ0) is 15.2. The summed E-state index contributed by atoms with van der Waals surface area (Å²) in [5.41, 5.74) is 7.80. The maximum atomic E-state index is 13.6. The van der Waals surface area contributed by atoms with Crippen LogP contribution in [-0.4, -0.2) is 7.11 Å². The fraction of sp³-hybridized carbons (Fsp3) is 0.294. The summed E-state index contributed by atoms with van der Waals surface area (Å²) in [5, 5.41) is 0. The Morgan fingerprint density at radius 2 is 1.86 bits per heavy atom. The molecule has 2 aromatic carbocycles. The van der Waals surface area contributed by atoms with E-state index in [9.17, 15) is 4.39 Å². The van der Waals surface area contributed by atoms with E-state index >= 15 is 0 Å². The van der Waals surface area contributed by atoms with E-state index in [1.54, 1.807) is 12.1 Å². The van der Waals surface area contributed by atoms with Gasteiger partial charge in [0.2, 0.25) is 0 Å². The topological polar surface area (TPSA) is 44.5 Å². The second-order valence-electron chi connectivity index (χ2n) is 4.84. The SMILES string of the molecule is CCC(N)c1ccc(OCc2ccc(OC)c(F)c2)cc1. The quantitative estimate of drug-likeness (QED) is 0.879. The molecule has 0 bridgehead atoms. The smallest absolute Gasteiger partial charge is 0.165 e. The molecule has 0 aliphatic heterocycles. The second-order valence-corrected chi connectivity index (χ2v) is 4.84. The molecular formula is C17H20FNO2. The van der Waals surface area contributed by atoms with E-state index in [2.05, 4.69) is 0 Å². The van der Waals surface area contributed by atoms with Crippen molar-refractivity contribution in [3.8, 4) is 11.5 Å². The van der Waals surface area contributed by atoms with Crippen LogP contribution in [0, 0.1) is 5.82 Å². The molecule has 0 aromatic heterocycles. The van der Waals surface area contributed by atoms with Crippen LogP contribution in [0.3, 0.4) is 0 Å². The van der Waals surface area contributed by atoms with Crippen LogP contribution in [0.25, 0.3) is 0 Å². The van der Waals surface area contributed by atoms with Gasteiger partial charge in [-0.3, -0.25) is 0 Å². The lowest BCUT2D eigenvalue weighted by Gasteiger charge is -2.11. The first kappa shape index (κ1) is 15.3. The number of hydrogen-bond acceptors (Lipinski definition) is 3. The summed E-state index contributed by atoms with van der Waals surface area (Å²) in [4.78, 5) is 0. The molecule has 0 saturated heterocycles. The third kappa shape index (κ3) is 3.95. The summed E-state index contributed by atoms with van der Waals surface area (Å²) in [6.07, 6.45) is 0.894. The van der Waals surface area contributed by atoms with Crippen LogP contribution in [0.2, 0.25) is 0 Å². The van der Waals surface area contributed by atoms with Gasteiger partial charge in [-0.1, -0.05) is 25.1 Å². The summed E-state index contributed by atoms with van der Waals surface area (Å²) in [6.45, 7) is 2.35. The van der Waals surface area contributed by atoms with Crippen LogP contribution >= 0.6 is 0 Å². The van der Waals surface area contributed by atoms with E-state index in [4.69, 9.17) is 15.2 Å². The van der Waals surface area contributed by atoms with Gasteiger partial charge in [-0.05, 0) is 41.8 Å². The number of nitrogens with two attached hydrogens (primary N) is 1. The molecule has 0 aliphatic carbocycles. The van der Waals surface area contributed by atoms with E-state index in [-0.39, 0.29) is 17.6 Å². The minimum absolute atomic E-state index is 0.0507. The predicted molar refractivity (Wildman–Crippen MR) is 80.9 cm³/mol. The molecule has 0 aliphatic rings. The van der Waals surface area contributed by atoms with Gasteiger partial charge in [0.15, 0.2) is 11.6 Å². The van der Waals surface area contributed by atoms with Gasteiger partial charge in [0.05, 0.1) is 7.11 Å². The summed E-state index contributed by atoms with van der Waals surface area (Å²) in [5.74, 6) is 0.581. The normalized spacial score (nSPS) is 12.0. The Kier molecular flexibility index (Phi) is 5.17. The van der Waals surface area contributed by atoms with Crippen LogP contribution in [0.4, 0.5) is 4.39 Å². The lowest BCUT2D eigenvalue weighted by molar-refractivity contribution is 0.304. The Bertz CT molecular complexity index is 584. The molecule has 112 valence electrons. The highest BCUT2D eigenvalue weighted by Crippen LogP contribution is 2.21. The Labute approximate surface area is 124 Å².